The highest BCUT2D eigenvalue weighted by atomic mass is 31.2. The lowest BCUT2D eigenvalue weighted by molar-refractivity contribution is -0.153. The number of carbonyl (C=O) groups excluding carboxylic acids is 2. The molecule has 1 fully saturated rings. The zero-order valence-electron chi connectivity index (χ0n) is 24.1. The summed E-state index contributed by atoms with van der Waals surface area (Å²) in [7, 11) is -3.51. The summed E-state index contributed by atoms with van der Waals surface area (Å²) >= 11 is 0. The van der Waals surface area contributed by atoms with Crippen LogP contribution in [0.25, 0.3) is 0 Å². The van der Waals surface area contributed by atoms with Crippen LogP contribution in [0.3, 0.4) is 0 Å². The summed E-state index contributed by atoms with van der Waals surface area (Å²) in [5, 5.41) is 15.8. The molecule has 0 bridgehead atoms. The van der Waals surface area contributed by atoms with Crippen molar-refractivity contribution in [3.8, 4) is 11.5 Å². The predicted octanol–water partition coefficient (Wildman–Crippen LogP) is 4.92. The number of phenolic OH excluding ortho intramolecular Hbond substituents is 1. The van der Waals surface area contributed by atoms with Crippen molar-refractivity contribution in [3.05, 3.63) is 93.8 Å². The van der Waals surface area contributed by atoms with E-state index in [0.717, 1.165) is 33.4 Å². The molecule has 0 saturated carbocycles. The van der Waals surface area contributed by atoms with Crippen molar-refractivity contribution in [1.82, 2.24) is 10.2 Å². The number of ether oxygens (including phenoxy) is 3. The first kappa shape index (κ1) is 31.2. The Morgan fingerprint density at radius 2 is 1.40 bits per heavy atom. The molecule has 0 spiro atoms. The highest BCUT2D eigenvalue weighted by Crippen LogP contribution is 2.43. The van der Waals surface area contributed by atoms with Crippen LogP contribution in [0.5, 0.6) is 11.5 Å². The third kappa shape index (κ3) is 7.56. The van der Waals surface area contributed by atoms with E-state index in [1.54, 1.807) is 32.0 Å². The summed E-state index contributed by atoms with van der Waals surface area (Å²) in [4.78, 5) is 24.8. The van der Waals surface area contributed by atoms with Gasteiger partial charge in [0.2, 0.25) is 7.44 Å². The number of rotatable bonds is 11. The maximum absolute atomic E-state index is 13.5. The van der Waals surface area contributed by atoms with E-state index in [4.69, 9.17) is 14.2 Å². The van der Waals surface area contributed by atoms with Crippen LogP contribution in [-0.4, -0.2) is 48.7 Å². The first-order chi connectivity index (χ1) is 20.0. The Bertz CT molecular complexity index is 1440. The van der Waals surface area contributed by atoms with E-state index < -0.39 is 31.5 Å². The van der Waals surface area contributed by atoms with Gasteiger partial charge in [0.05, 0.1) is 13.2 Å². The Morgan fingerprint density at radius 3 is 1.95 bits per heavy atom. The number of halogens is 1. The number of hydrogen-bond acceptors (Lipinski definition) is 7. The maximum Gasteiger partial charge on any atom is 0.325 e. The van der Waals surface area contributed by atoms with Gasteiger partial charge in [-0.2, -0.15) is 0 Å². The Labute approximate surface area is 244 Å². The molecule has 3 N–H and O–H groups in total. The van der Waals surface area contributed by atoms with Crippen molar-refractivity contribution in [1.29, 1.82) is 0 Å². The number of aromatic hydroxyl groups is 1. The molecule has 42 heavy (non-hydrogen) atoms. The number of esters is 2. The van der Waals surface area contributed by atoms with Crippen LogP contribution in [0.2, 0.25) is 0 Å². The molecule has 0 aromatic heterocycles. The fourth-order valence-corrected chi connectivity index (χ4v) is 6.91. The van der Waals surface area contributed by atoms with Gasteiger partial charge in [-0.15, -0.1) is 0 Å². The Kier molecular flexibility index (Phi) is 10.0. The third-order valence-electron chi connectivity index (χ3n) is 7.02. The van der Waals surface area contributed by atoms with Crippen LogP contribution in [0, 0.1) is 19.7 Å². The first-order valence-corrected chi connectivity index (χ1v) is 15.7. The minimum absolute atomic E-state index is 0.109. The van der Waals surface area contributed by atoms with E-state index in [9.17, 15) is 23.7 Å². The van der Waals surface area contributed by atoms with Gasteiger partial charge in [0.1, 0.15) is 29.4 Å². The molecule has 1 aliphatic heterocycles. The number of benzene rings is 3. The van der Waals surface area contributed by atoms with Gasteiger partial charge in [0.25, 0.3) is 0 Å². The summed E-state index contributed by atoms with van der Waals surface area (Å²) < 4.78 is 42.8. The molecule has 3 aromatic carbocycles. The molecule has 0 radical (unpaired) electrons. The molecule has 11 heteroatoms. The van der Waals surface area contributed by atoms with Gasteiger partial charge < -0.3 is 19.3 Å². The predicted molar refractivity (Wildman–Crippen MR) is 156 cm³/mol. The van der Waals surface area contributed by atoms with E-state index in [2.05, 4.69) is 10.2 Å². The molecule has 3 atom stereocenters. The van der Waals surface area contributed by atoms with Crippen LogP contribution in [0.4, 0.5) is 4.39 Å². The number of nitrogens with one attached hydrogen (secondary N) is 2. The molecule has 0 aliphatic carbocycles. The van der Waals surface area contributed by atoms with Crippen molar-refractivity contribution >= 4 is 19.4 Å². The van der Waals surface area contributed by atoms with Crippen LogP contribution >= 0.6 is 7.44 Å². The SMILES string of the molecule is CCOC(=O)C1NP(=O)(COc2cc(C)c(Cc3ccc(O)c(Cc4ccc(F)cc4)c3)c(C)c2)N[C@H]1C(=O)OCC. The Morgan fingerprint density at radius 1 is 0.857 bits per heavy atom. The number of aryl methyl sites for hydroxylation is 2. The fourth-order valence-electron chi connectivity index (χ4n) is 4.95. The summed E-state index contributed by atoms with van der Waals surface area (Å²) in [6.45, 7) is 7.42. The van der Waals surface area contributed by atoms with E-state index in [0.29, 0.717) is 18.6 Å². The number of carbonyl (C=O) groups is 2. The summed E-state index contributed by atoms with van der Waals surface area (Å²) in [6, 6.07) is 13.1. The summed E-state index contributed by atoms with van der Waals surface area (Å²) in [5.74, 6) is -1.04. The smallest absolute Gasteiger partial charge is 0.325 e. The molecule has 4 rings (SSSR count). The lowest BCUT2D eigenvalue weighted by Crippen LogP contribution is -2.47. The quantitative estimate of drug-likeness (QED) is 0.209. The monoisotopic (exact) mass is 598 g/mol. The number of phenols is 1. The second-order valence-electron chi connectivity index (χ2n) is 10.2. The fraction of sp³-hybridized carbons (Fsp3) is 0.355. The second kappa shape index (κ2) is 13.5. The van der Waals surface area contributed by atoms with E-state index in [1.807, 2.05) is 38.1 Å². The van der Waals surface area contributed by atoms with Crippen molar-refractivity contribution < 1.29 is 37.9 Å². The van der Waals surface area contributed by atoms with Crippen molar-refractivity contribution in [2.24, 2.45) is 0 Å². The zero-order chi connectivity index (χ0) is 30.4. The van der Waals surface area contributed by atoms with Gasteiger partial charge in [-0.05, 0) is 97.8 Å². The Hall–Kier alpha value is -3.72. The van der Waals surface area contributed by atoms with Crippen LogP contribution < -0.4 is 14.9 Å². The third-order valence-corrected chi connectivity index (χ3v) is 8.91. The van der Waals surface area contributed by atoms with Crippen molar-refractivity contribution in [2.75, 3.05) is 19.6 Å². The van der Waals surface area contributed by atoms with E-state index >= 15 is 0 Å². The molecule has 1 saturated heterocycles. The minimum atomic E-state index is -3.51. The maximum atomic E-state index is 13.5. The number of hydrogen-bond donors (Lipinski definition) is 3. The van der Waals surface area contributed by atoms with Gasteiger partial charge >= 0.3 is 11.9 Å². The molecular weight excluding hydrogens is 562 g/mol. The van der Waals surface area contributed by atoms with Gasteiger partial charge in [-0.3, -0.25) is 14.2 Å². The summed E-state index contributed by atoms with van der Waals surface area (Å²) in [5.41, 5.74) is 5.64. The lowest BCUT2D eigenvalue weighted by Gasteiger charge is -2.17. The zero-order valence-corrected chi connectivity index (χ0v) is 25.0. The normalized spacial score (nSPS) is 19.8. The molecule has 1 heterocycles. The standard InChI is InChI=1S/C31H36FN2O7P/c1-5-39-30(36)28-29(31(37)40-6-2)34-42(38,33-28)18-41-25-13-19(3)26(20(4)14-25)17-22-9-12-27(35)23(16-22)15-21-7-10-24(32)11-8-21/h7-14,16,28-29,35H,5-6,15,17-18H2,1-4H3,(H2,33,34,38)/t28-,29?,42?/m1/s1. The van der Waals surface area contributed by atoms with Gasteiger partial charge in [-0.25, -0.2) is 14.6 Å². The largest absolute Gasteiger partial charge is 0.508 e. The average molecular weight is 599 g/mol. The Balaban J connectivity index is 1.46. The highest BCUT2D eigenvalue weighted by Gasteiger charge is 2.49. The minimum Gasteiger partial charge on any atom is -0.508 e. The highest BCUT2D eigenvalue weighted by molar-refractivity contribution is 7.60. The molecule has 2 unspecified atom stereocenters. The molecule has 0 amide bonds. The van der Waals surface area contributed by atoms with E-state index in [-0.39, 0.29) is 31.1 Å². The summed E-state index contributed by atoms with van der Waals surface area (Å²) in [6.07, 6.45) is 0.779. The van der Waals surface area contributed by atoms with Crippen LogP contribution in [-0.2, 0) is 36.5 Å². The topological polar surface area (TPSA) is 123 Å². The second-order valence-corrected chi connectivity index (χ2v) is 12.5. The lowest BCUT2D eigenvalue weighted by atomic mass is 9.93. The average Bonchev–Trinajstić information content (AvgIpc) is 3.31. The van der Waals surface area contributed by atoms with Gasteiger partial charge in [0, 0.05) is 6.42 Å². The molecular formula is C31H36FN2O7P. The van der Waals surface area contributed by atoms with Crippen LogP contribution in [0.15, 0.2) is 54.6 Å². The van der Waals surface area contributed by atoms with E-state index in [1.165, 1.54) is 12.1 Å². The van der Waals surface area contributed by atoms with Crippen molar-refractivity contribution in [2.45, 2.75) is 52.6 Å². The molecule has 9 nitrogen and oxygen atoms in total. The van der Waals surface area contributed by atoms with Gasteiger partial charge in [0.15, 0.2) is 6.35 Å². The first-order valence-electron chi connectivity index (χ1n) is 13.8. The van der Waals surface area contributed by atoms with Crippen molar-refractivity contribution in [3.63, 3.8) is 0 Å². The van der Waals surface area contributed by atoms with Gasteiger partial charge in [-0.1, -0.05) is 24.3 Å². The van der Waals surface area contributed by atoms with Crippen LogP contribution in [0.1, 0.15) is 47.2 Å². The molecule has 1 aliphatic rings. The molecule has 224 valence electrons. The molecule has 3 aromatic rings.